The number of aryl methyl sites for hydroxylation is 1. The number of para-hydroxylation sites is 1. The molecule has 170 valence electrons. The van der Waals surface area contributed by atoms with Gasteiger partial charge in [0.2, 0.25) is 5.91 Å². The first kappa shape index (κ1) is 23.0. The summed E-state index contributed by atoms with van der Waals surface area (Å²) in [6.07, 6.45) is 2.03. The van der Waals surface area contributed by atoms with Gasteiger partial charge in [0.1, 0.15) is 6.10 Å². The topological polar surface area (TPSA) is 76.6 Å². The Labute approximate surface area is 197 Å². The maximum atomic E-state index is 12.5. The van der Waals surface area contributed by atoms with Crippen molar-refractivity contribution in [2.45, 2.75) is 43.6 Å². The number of piperidine rings is 1. The van der Waals surface area contributed by atoms with Gasteiger partial charge in [0.05, 0.1) is 20.9 Å². The second-order valence-electron chi connectivity index (χ2n) is 7.98. The largest absolute Gasteiger partial charge is 0.467 e. The van der Waals surface area contributed by atoms with Crippen LogP contribution in [0.25, 0.3) is 10.2 Å². The van der Waals surface area contributed by atoms with Gasteiger partial charge in [-0.25, -0.2) is 13.4 Å². The number of amides is 1. The van der Waals surface area contributed by atoms with Gasteiger partial charge in [0.15, 0.2) is 9.84 Å². The summed E-state index contributed by atoms with van der Waals surface area (Å²) in [5.41, 5.74) is 2.11. The van der Waals surface area contributed by atoms with Crippen LogP contribution in [-0.4, -0.2) is 49.2 Å². The minimum Gasteiger partial charge on any atom is -0.467 e. The van der Waals surface area contributed by atoms with Gasteiger partial charge >= 0.3 is 0 Å². The van der Waals surface area contributed by atoms with E-state index in [0.717, 1.165) is 28.6 Å². The second-order valence-corrected chi connectivity index (χ2v) is 11.5. The standard InChI is InChI=1S/C23H25ClN2O4S2/c1-16-4-2-5-20-22(16)25-23(31-20)30-18-11-13-26(14-12-18)21(27)6-3-15-32(28,29)19-9-7-17(24)8-10-19/h2,4-5,7-10,18H,3,6,11-15H2,1H3. The number of likely N-dealkylation sites (tertiary alicyclic amines) is 1. The van der Waals surface area contributed by atoms with Crippen LogP contribution >= 0.6 is 22.9 Å². The van der Waals surface area contributed by atoms with E-state index in [2.05, 4.69) is 4.98 Å². The van der Waals surface area contributed by atoms with Crippen molar-refractivity contribution < 1.29 is 17.9 Å². The second kappa shape index (κ2) is 9.77. The molecular weight excluding hydrogens is 468 g/mol. The van der Waals surface area contributed by atoms with E-state index in [1.807, 2.05) is 25.1 Å². The highest BCUT2D eigenvalue weighted by molar-refractivity contribution is 7.91. The first-order valence-corrected chi connectivity index (χ1v) is 13.5. The number of hydrogen-bond donors (Lipinski definition) is 0. The van der Waals surface area contributed by atoms with Gasteiger partial charge in [-0.15, -0.1) is 0 Å². The SMILES string of the molecule is Cc1cccc2sc(OC3CCN(C(=O)CCCS(=O)(=O)c4ccc(Cl)cc4)CC3)nc12. The van der Waals surface area contributed by atoms with E-state index in [-0.39, 0.29) is 29.1 Å². The molecule has 1 aromatic heterocycles. The van der Waals surface area contributed by atoms with Gasteiger partial charge in [0, 0.05) is 37.4 Å². The molecule has 3 aromatic rings. The highest BCUT2D eigenvalue weighted by Crippen LogP contribution is 2.31. The summed E-state index contributed by atoms with van der Waals surface area (Å²) in [6, 6.07) is 12.2. The number of carbonyl (C=O) groups excluding carboxylic acids is 1. The van der Waals surface area contributed by atoms with Crippen molar-refractivity contribution >= 4 is 48.9 Å². The molecular formula is C23H25ClN2O4S2. The van der Waals surface area contributed by atoms with Crippen LogP contribution in [0, 0.1) is 6.92 Å². The Morgan fingerprint density at radius 2 is 1.91 bits per heavy atom. The zero-order chi connectivity index (χ0) is 22.7. The number of ether oxygens (including phenoxy) is 1. The number of hydrogen-bond acceptors (Lipinski definition) is 6. The summed E-state index contributed by atoms with van der Waals surface area (Å²) in [7, 11) is -3.42. The normalized spacial score (nSPS) is 15.2. The molecule has 4 rings (SSSR count). The Morgan fingerprint density at radius 1 is 1.19 bits per heavy atom. The van der Waals surface area contributed by atoms with E-state index >= 15 is 0 Å². The number of nitrogens with zero attached hydrogens (tertiary/aromatic N) is 2. The zero-order valence-corrected chi connectivity index (χ0v) is 20.2. The predicted molar refractivity (Wildman–Crippen MR) is 127 cm³/mol. The number of halogens is 1. The van der Waals surface area contributed by atoms with Gasteiger partial charge in [-0.2, -0.15) is 0 Å². The molecule has 1 saturated heterocycles. The summed E-state index contributed by atoms with van der Waals surface area (Å²) in [5.74, 6) is -0.0675. The number of sulfone groups is 1. The molecule has 2 aromatic carbocycles. The minimum atomic E-state index is -3.42. The Bertz CT molecular complexity index is 1200. The average Bonchev–Trinajstić information content (AvgIpc) is 3.18. The van der Waals surface area contributed by atoms with Crippen LogP contribution in [0.3, 0.4) is 0 Å². The monoisotopic (exact) mass is 492 g/mol. The fourth-order valence-corrected chi connectivity index (χ4v) is 6.21. The molecule has 0 saturated carbocycles. The first-order chi connectivity index (χ1) is 15.3. The molecule has 0 N–H and O–H groups in total. The molecule has 0 aliphatic carbocycles. The van der Waals surface area contributed by atoms with E-state index < -0.39 is 9.84 Å². The third-order valence-electron chi connectivity index (χ3n) is 5.64. The minimum absolute atomic E-state index is 0.00892. The highest BCUT2D eigenvalue weighted by Gasteiger charge is 2.25. The van der Waals surface area contributed by atoms with Crippen molar-refractivity contribution in [2.24, 2.45) is 0 Å². The lowest BCUT2D eigenvalue weighted by atomic mass is 10.1. The molecule has 0 atom stereocenters. The van der Waals surface area contributed by atoms with E-state index in [1.165, 1.54) is 12.1 Å². The summed E-state index contributed by atoms with van der Waals surface area (Å²) in [6.45, 7) is 3.26. The number of carbonyl (C=O) groups is 1. The van der Waals surface area contributed by atoms with E-state index in [4.69, 9.17) is 16.3 Å². The van der Waals surface area contributed by atoms with E-state index in [9.17, 15) is 13.2 Å². The Kier molecular flexibility index (Phi) is 7.02. The number of thiazole rings is 1. The maximum Gasteiger partial charge on any atom is 0.274 e. The molecule has 32 heavy (non-hydrogen) atoms. The molecule has 9 heteroatoms. The third kappa shape index (κ3) is 5.42. The van der Waals surface area contributed by atoms with Crippen molar-refractivity contribution in [3.8, 4) is 5.19 Å². The number of fused-ring (bicyclic) bond motifs is 1. The smallest absolute Gasteiger partial charge is 0.274 e. The van der Waals surface area contributed by atoms with Gasteiger partial charge in [0.25, 0.3) is 5.19 Å². The van der Waals surface area contributed by atoms with Crippen LogP contribution in [-0.2, 0) is 14.6 Å². The molecule has 0 spiro atoms. The lowest BCUT2D eigenvalue weighted by molar-refractivity contribution is -0.133. The molecule has 2 heterocycles. The van der Waals surface area contributed by atoms with Crippen molar-refractivity contribution in [1.82, 2.24) is 9.88 Å². The van der Waals surface area contributed by atoms with E-state index in [0.29, 0.717) is 29.7 Å². The van der Waals surface area contributed by atoms with Crippen LogP contribution in [0.5, 0.6) is 5.19 Å². The number of benzene rings is 2. The van der Waals surface area contributed by atoms with Crippen molar-refractivity contribution in [1.29, 1.82) is 0 Å². The van der Waals surface area contributed by atoms with Crippen molar-refractivity contribution in [3.05, 3.63) is 53.1 Å². The van der Waals surface area contributed by atoms with Gasteiger partial charge in [-0.1, -0.05) is 35.1 Å². The van der Waals surface area contributed by atoms with Crippen LogP contribution < -0.4 is 4.74 Å². The first-order valence-electron chi connectivity index (χ1n) is 10.6. The fraction of sp³-hybridized carbons (Fsp3) is 0.391. The molecule has 0 unspecified atom stereocenters. The number of rotatable bonds is 7. The summed E-state index contributed by atoms with van der Waals surface area (Å²) >= 11 is 7.36. The molecule has 6 nitrogen and oxygen atoms in total. The molecule has 1 aliphatic rings. The summed E-state index contributed by atoms with van der Waals surface area (Å²) in [5, 5.41) is 1.16. The van der Waals surface area contributed by atoms with Crippen LogP contribution in [0.1, 0.15) is 31.2 Å². The van der Waals surface area contributed by atoms with Crippen LogP contribution in [0.15, 0.2) is 47.4 Å². The van der Waals surface area contributed by atoms with Crippen LogP contribution in [0.4, 0.5) is 0 Å². The summed E-state index contributed by atoms with van der Waals surface area (Å²) < 4.78 is 32.0. The molecule has 0 radical (unpaired) electrons. The quantitative estimate of drug-likeness (QED) is 0.469. The Balaban J connectivity index is 1.23. The lowest BCUT2D eigenvalue weighted by Crippen LogP contribution is -2.41. The van der Waals surface area contributed by atoms with Gasteiger partial charge < -0.3 is 9.64 Å². The predicted octanol–water partition coefficient (Wildman–Crippen LogP) is 4.88. The van der Waals surface area contributed by atoms with E-state index in [1.54, 1.807) is 28.4 Å². The highest BCUT2D eigenvalue weighted by atomic mass is 35.5. The zero-order valence-electron chi connectivity index (χ0n) is 17.8. The van der Waals surface area contributed by atoms with Crippen LogP contribution in [0.2, 0.25) is 5.02 Å². The number of aromatic nitrogens is 1. The molecule has 1 aliphatic heterocycles. The Morgan fingerprint density at radius 3 is 2.59 bits per heavy atom. The fourth-order valence-electron chi connectivity index (χ4n) is 3.81. The van der Waals surface area contributed by atoms with Gasteiger partial charge in [-0.05, 0) is 49.2 Å². The third-order valence-corrected chi connectivity index (χ3v) is 8.62. The average molecular weight is 493 g/mol. The maximum absolute atomic E-state index is 12.5. The van der Waals surface area contributed by atoms with Crippen molar-refractivity contribution in [2.75, 3.05) is 18.8 Å². The summed E-state index contributed by atoms with van der Waals surface area (Å²) in [4.78, 5) is 19.2. The molecule has 1 amide bonds. The molecule has 1 fully saturated rings. The Hall–Kier alpha value is -2.16. The van der Waals surface area contributed by atoms with Gasteiger partial charge in [-0.3, -0.25) is 4.79 Å². The van der Waals surface area contributed by atoms with Crippen molar-refractivity contribution in [3.63, 3.8) is 0 Å². The molecule has 0 bridgehead atoms. The lowest BCUT2D eigenvalue weighted by Gasteiger charge is -2.31.